The number of hydrogen-bond acceptors (Lipinski definition) is 7. The lowest BCUT2D eigenvalue weighted by Gasteiger charge is -2.25. The van der Waals surface area contributed by atoms with E-state index in [9.17, 15) is 18.3 Å². The summed E-state index contributed by atoms with van der Waals surface area (Å²) in [6.07, 6.45) is -0.0677. The first-order valence-corrected chi connectivity index (χ1v) is 17.2. The topological polar surface area (TPSA) is 93.1 Å². The van der Waals surface area contributed by atoms with Crippen LogP contribution in [0.2, 0.25) is 5.02 Å². The van der Waals surface area contributed by atoms with E-state index in [4.69, 9.17) is 21.1 Å². The van der Waals surface area contributed by atoms with Crippen molar-refractivity contribution in [2.24, 2.45) is 0 Å². The Morgan fingerprint density at radius 1 is 0.809 bits per heavy atom. The highest BCUT2D eigenvalue weighted by molar-refractivity contribution is 7.91. The van der Waals surface area contributed by atoms with E-state index in [2.05, 4.69) is 17.0 Å². The molecule has 0 saturated heterocycles. The quantitative estimate of drug-likeness (QED) is 0.120. The Hall–Kier alpha value is -4.47. The summed E-state index contributed by atoms with van der Waals surface area (Å²) in [5.74, 6) is 0.0246. The number of carbonyl (C=O) groups is 1. The molecule has 5 aromatic carbocycles. The Bertz CT molecular complexity index is 1900. The summed E-state index contributed by atoms with van der Waals surface area (Å²) < 4.78 is 38.2. The Kier molecular flexibility index (Phi) is 11.5. The summed E-state index contributed by atoms with van der Waals surface area (Å²) in [5.41, 5.74) is 3.09. The fraction of sp³-hybridized carbons (Fsp3) is 0.184. The van der Waals surface area contributed by atoms with E-state index in [0.29, 0.717) is 31.1 Å². The van der Waals surface area contributed by atoms with Crippen molar-refractivity contribution in [3.05, 3.63) is 155 Å². The van der Waals surface area contributed by atoms with E-state index in [1.165, 1.54) is 12.1 Å². The summed E-state index contributed by atoms with van der Waals surface area (Å²) in [5, 5.41) is 11.6. The Labute approximate surface area is 280 Å². The zero-order chi connectivity index (χ0) is 33.2. The molecule has 7 nitrogen and oxygen atoms in total. The van der Waals surface area contributed by atoms with E-state index in [1.807, 2.05) is 42.5 Å². The van der Waals surface area contributed by atoms with Gasteiger partial charge in [-0.1, -0.05) is 84.4 Å². The molecule has 0 aliphatic heterocycles. The molecule has 0 bridgehead atoms. The van der Waals surface area contributed by atoms with Crippen molar-refractivity contribution in [2.45, 2.75) is 35.8 Å². The second-order valence-corrected chi connectivity index (χ2v) is 13.4. The van der Waals surface area contributed by atoms with Crippen molar-refractivity contribution < 1.29 is 27.8 Å². The number of nitrogens with zero attached hydrogens (tertiary/aromatic N) is 1. The molecule has 1 N–H and O–H groups in total. The summed E-state index contributed by atoms with van der Waals surface area (Å²) in [6, 6.07) is 37.0. The lowest BCUT2D eigenvalue weighted by molar-refractivity contribution is 0.0523. The number of aliphatic hydroxyl groups excluding tert-OH is 1. The summed E-state index contributed by atoms with van der Waals surface area (Å²) in [7, 11) is -3.85. The fourth-order valence-electron chi connectivity index (χ4n) is 5.16. The second kappa shape index (κ2) is 15.9. The maximum atomic E-state index is 13.6. The molecule has 0 spiro atoms. The van der Waals surface area contributed by atoms with Gasteiger partial charge in [-0.15, -0.1) is 0 Å². The minimum Gasteiger partial charge on any atom is -0.462 e. The van der Waals surface area contributed by atoms with Gasteiger partial charge >= 0.3 is 5.97 Å². The first-order chi connectivity index (χ1) is 22.7. The number of ether oxygens (including phenoxy) is 2. The molecule has 0 saturated carbocycles. The monoisotopic (exact) mass is 669 g/mol. The summed E-state index contributed by atoms with van der Waals surface area (Å²) in [6.45, 7) is 3.64. The molecule has 1 atom stereocenters. The number of sulfone groups is 1. The lowest BCUT2D eigenvalue weighted by atomic mass is 10.1. The maximum Gasteiger partial charge on any atom is 0.341 e. The predicted molar refractivity (Wildman–Crippen MR) is 183 cm³/mol. The first kappa shape index (κ1) is 33.9. The van der Waals surface area contributed by atoms with Crippen LogP contribution in [0.1, 0.15) is 40.1 Å². The largest absolute Gasteiger partial charge is 0.462 e. The zero-order valence-corrected chi connectivity index (χ0v) is 27.5. The highest BCUT2D eigenvalue weighted by Gasteiger charge is 2.20. The van der Waals surface area contributed by atoms with Gasteiger partial charge in [0.25, 0.3) is 0 Å². The zero-order valence-electron chi connectivity index (χ0n) is 26.0. The van der Waals surface area contributed by atoms with Gasteiger partial charge in [-0.2, -0.15) is 0 Å². The molecule has 5 rings (SSSR count). The Balaban J connectivity index is 1.28. The van der Waals surface area contributed by atoms with Gasteiger partial charge in [0.2, 0.25) is 9.84 Å². The molecule has 0 radical (unpaired) electrons. The van der Waals surface area contributed by atoms with Gasteiger partial charge < -0.3 is 14.6 Å². The SMILES string of the molecule is CCOC(=O)c1ccccc1Oc1cccc(S(=O)(=O)c2ccc(CCN(Cc3ccccc3)CC(O)c3cccc(Cl)c3)cc2)c1. The van der Waals surface area contributed by atoms with E-state index in [-0.39, 0.29) is 33.5 Å². The van der Waals surface area contributed by atoms with E-state index < -0.39 is 21.9 Å². The molecule has 0 heterocycles. The van der Waals surface area contributed by atoms with E-state index in [0.717, 1.165) is 16.7 Å². The summed E-state index contributed by atoms with van der Waals surface area (Å²) >= 11 is 6.16. The average Bonchev–Trinajstić information content (AvgIpc) is 3.08. The number of carbonyl (C=O) groups excluding carboxylic acids is 1. The fourth-order valence-corrected chi connectivity index (χ4v) is 6.66. The number of esters is 1. The van der Waals surface area contributed by atoms with Crippen LogP contribution in [0.5, 0.6) is 11.5 Å². The van der Waals surface area contributed by atoms with Gasteiger partial charge in [0, 0.05) is 24.7 Å². The molecule has 242 valence electrons. The highest BCUT2D eigenvalue weighted by atomic mass is 35.5. The third-order valence-electron chi connectivity index (χ3n) is 7.59. The molecule has 9 heteroatoms. The Morgan fingerprint density at radius 2 is 1.53 bits per heavy atom. The normalized spacial score (nSPS) is 12.1. The minimum absolute atomic E-state index is 0.0698. The number of hydrogen-bond donors (Lipinski definition) is 1. The van der Waals surface area contributed by atoms with Crippen LogP contribution in [0.25, 0.3) is 0 Å². The van der Waals surface area contributed by atoms with Crippen molar-refractivity contribution in [1.29, 1.82) is 0 Å². The van der Waals surface area contributed by atoms with Crippen LogP contribution >= 0.6 is 11.6 Å². The van der Waals surface area contributed by atoms with Crippen LogP contribution in [-0.4, -0.2) is 44.1 Å². The van der Waals surface area contributed by atoms with Crippen LogP contribution in [0, 0.1) is 0 Å². The van der Waals surface area contributed by atoms with Crippen LogP contribution in [-0.2, 0) is 27.5 Å². The highest BCUT2D eigenvalue weighted by Crippen LogP contribution is 2.30. The molecular formula is C38H36ClNO6S. The van der Waals surface area contributed by atoms with Crippen molar-refractivity contribution in [1.82, 2.24) is 4.90 Å². The number of halogens is 1. The minimum atomic E-state index is -3.85. The number of aliphatic hydroxyl groups is 1. The lowest BCUT2D eigenvalue weighted by Crippen LogP contribution is -2.30. The van der Waals surface area contributed by atoms with Gasteiger partial charge in [0.15, 0.2) is 0 Å². The van der Waals surface area contributed by atoms with Crippen molar-refractivity contribution in [3.63, 3.8) is 0 Å². The van der Waals surface area contributed by atoms with Crippen LogP contribution in [0.4, 0.5) is 0 Å². The third kappa shape index (κ3) is 9.08. The predicted octanol–water partition coefficient (Wildman–Crippen LogP) is 7.92. The van der Waals surface area contributed by atoms with Gasteiger partial charge in [0.05, 0.1) is 22.5 Å². The molecule has 0 aliphatic carbocycles. The maximum absolute atomic E-state index is 13.6. The van der Waals surface area contributed by atoms with Crippen molar-refractivity contribution in [3.8, 4) is 11.5 Å². The molecule has 0 amide bonds. The molecule has 47 heavy (non-hydrogen) atoms. The van der Waals surface area contributed by atoms with Crippen LogP contribution < -0.4 is 4.74 Å². The standard InChI is InChI=1S/C38H36ClNO6S/c1-2-45-38(42)35-16-6-7-17-37(35)46-32-14-9-15-34(25-32)47(43,44)33-20-18-28(19-21-33)22-23-40(26-29-10-4-3-5-11-29)27-36(41)30-12-8-13-31(39)24-30/h3-21,24-25,36,41H,2,22-23,26-27H2,1H3. The van der Waals surface area contributed by atoms with E-state index >= 15 is 0 Å². The van der Waals surface area contributed by atoms with Crippen LogP contribution in [0.3, 0.4) is 0 Å². The second-order valence-electron chi connectivity index (χ2n) is 11.0. The number of para-hydroxylation sites is 1. The number of rotatable bonds is 14. The first-order valence-electron chi connectivity index (χ1n) is 15.3. The van der Waals surface area contributed by atoms with Crippen molar-refractivity contribution in [2.75, 3.05) is 19.7 Å². The molecule has 0 fully saturated rings. The molecular weight excluding hydrogens is 634 g/mol. The molecule has 5 aromatic rings. The van der Waals surface area contributed by atoms with E-state index in [1.54, 1.807) is 67.6 Å². The molecule has 0 aliphatic rings. The van der Waals surface area contributed by atoms with Gasteiger partial charge in [-0.25, -0.2) is 13.2 Å². The number of benzene rings is 5. The van der Waals surface area contributed by atoms with Gasteiger partial charge in [-0.05, 0) is 84.6 Å². The third-order valence-corrected chi connectivity index (χ3v) is 9.59. The van der Waals surface area contributed by atoms with Crippen molar-refractivity contribution >= 4 is 27.4 Å². The van der Waals surface area contributed by atoms with Gasteiger partial charge in [0.1, 0.15) is 17.1 Å². The smallest absolute Gasteiger partial charge is 0.341 e. The average molecular weight is 670 g/mol. The molecule has 0 aromatic heterocycles. The Morgan fingerprint density at radius 3 is 2.28 bits per heavy atom. The van der Waals surface area contributed by atoms with Gasteiger partial charge in [-0.3, -0.25) is 4.90 Å². The van der Waals surface area contributed by atoms with Crippen LogP contribution in [0.15, 0.2) is 137 Å². The summed E-state index contributed by atoms with van der Waals surface area (Å²) in [4.78, 5) is 14.8. The molecule has 1 unspecified atom stereocenters.